The van der Waals surface area contributed by atoms with E-state index in [9.17, 15) is 4.79 Å². The monoisotopic (exact) mass is 340 g/mol. The van der Waals surface area contributed by atoms with Crippen LogP contribution in [0.5, 0.6) is 5.75 Å². The Hall–Kier alpha value is -2.29. The molecule has 0 radical (unpaired) electrons. The average Bonchev–Trinajstić information content (AvgIpc) is 2.65. The molecule has 0 saturated heterocycles. The van der Waals surface area contributed by atoms with Crippen molar-refractivity contribution in [1.29, 1.82) is 0 Å². The number of hydrogen-bond acceptors (Lipinski definition) is 3. The number of carbonyl (C=O) groups is 1. The normalized spacial score (nSPS) is 13.1. The van der Waals surface area contributed by atoms with Crippen LogP contribution in [0.15, 0.2) is 54.6 Å². The lowest BCUT2D eigenvalue weighted by Crippen LogP contribution is -2.12. The number of rotatable bonds is 9. The minimum atomic E-state index is -0.173. The topological polar surface area (TPSA) is 35.5 Å². The van der Waals surface area contributed by atoms with Crippen LogP contribution in [0.2, 0.25) is 0 Å². The smallest absolute Gasteiger partial charge is 0.306 e. The molecule has 2 aromatic carbocycles. The van der Waals surface area contributed by atoms with Crippen molar-refractivity contribution in [2.75, 3.05) is 13.2 Å². The maximum absolute atomic E-state index is 12.0. The third-order valence-electron chi connectivity index (χ3n) is 4.39. The molecule has 0 N–H and O–H groups in total. The van der Waals surface area contributed by atoms with Crippen LogP contribution in [-0.2, 0) is 9.53 Å². The molecule has 2 rings (SSSR count). The van der Waals surface area contributed by atoms with Crippen molar-refractivity contribution in [3.8, 4) is 5.75 Å². The van der Waals surface area contributed by atoms with Gasteiger partial charge in [-0.25, -0.2) is 0 Å². The number of esters is 1. The van der Waals surface area contributed by atoms with Gasteiger partial charge in [-0.3, -0.25) is 4.79 Å². The lowest BCUT2D eigenvalue weighted by Gasteiger charge is -2.18. The first-order valence-corrected chi connectivity index (χ1v) is 9.07. The SMILES string of the molecule is CCOC(=O)CC(c1ccccc1)c1ccc(OCC(C)CC)cc1. The molecule has 0 aromatic heterocycles. The van der Waals surface area contributed by atoms with E-state index in [1.165, 1.54) is 0 Å². The largest absolute Gasteiger partial charge is 0.493 e. The summed E-state index contributed by atoms with van der Waals surface area (Å²) in [5, 5.41) is 0. The van der Waals surface area contributed by atoms with Crippen LogP contribution in [0.3, 0.4) is 0 Å². The third-order valence-corrected chi connectivity index (χ3v) is 4.39. The molecule has 0 aliphatic carbocycles. The molecule has 0 fully saturated rings. The van der Waals surface area contributed by atoms with Crippen molar-refractivity contribution < 1.29 is 14.3 Å². The van der Waals surface area contributed by atoms with E-state index >= 15 is 0 Å². The Morgan fingerprint density at radius 3 is 2.20 bits per heavy atom. The van der Waals surface area contributed by atoms with Crippen LogP contribution in [-0.4, -0.2) is 19.2 Å². The molecule has 0 saturated carbocycles. The van der Waals surface area contributed by atoms with Gasteiger partial charge in [-0.15, -0.1) is 0 Å². The fourth-order valence-electron chi connectivity index (χ4n) is 2.65. The molecular weight excluding hydrogens is 312 g/mol. The fraction of sp³-hybridized carbons (Fsp3) is 0.409. The highest BCUT2D eigenvalue weighted by Gasteiger charge is 2.19. The van der Waals surface area contributed by atoms with Gasteiger partial charge in [0.1, 0.15) is 5.75 Å². The van der Waals surface area contributed by atoms with E-state index in [2.05, 4.69) is 26.0 Å². The van der Waals surface area contributed by atoms with Crippen molar-refractivity contribution in [3.63, 3.8) is 0 Å². The van der Waals surface area contributed by atoms with Crippen LogP contribution in [0.1, 0.15) is 50.7 Å². The highest BCUT2D eigenvalue weighted by molar-refractivity contribution is 5.71. The minimum absolute atomic E-state index is 0.0103. The summed E-state index contributed by atoms with van der Waals surface area (Å²) >= 11 is 0. The molecule has 134 valence electrons. The molecule has 2 unspecified atom stereocenters. The fourth-order valence-corrected chi connectivity index (χ4v) is 2.65. The van der Waals surface area contributed by atoms with Crippen molar-refractivity contribution in [1.82, 2.24) is 0 Å². The molecular formula is C22H28O3. The second-order valence-corrected chi connectivity index (χ2v) is 6.37. The minimum Gasteiger partial charge on any atom is -0.493 e. The lowest BCUT2D eigenvalue weighted by molar-refractivity contribution is -0.143. The molecule has 0 aliphatic heterocycles. The van der Waals surface area contributed by atoms with Gasteiger partial charge in [0.15, 0.2) is 0 Å². The predicted octanol–water partition coefficient (Wildman–Crippen LogP) is 5.20. The number of hydrogen-bond donors (Lipinski definition) is 0. The van der Waals surface area contributed by atoms with Gasteiger partial charge in [-0.2, -0.15) is 0 Å². The predicted molar refractivity (Wildman–Crippen MR) is 101 cm³/mol. The van der Waals surface area contributed by atoms with Crippen molar-refractivity contribution in [2.24, 2.45) is 5.92 Å². The van der Waals surface area contributed by atoms with Gasteiger partial charge >= 0.3 is 5.97 Å². The molecule has 0 bridgehead atoms. The van der Waals surface area contributed by atoms with Crippen LogP contribution < -0.4 is 4.74 Å². The third kappa shape index (κ3) is 5.93. The van der Waals surface area contributed by atoms with Gasteiger partial charge in [0.05, 0.1) is 19.6 Å². The van der Waals surface area contributed by atoms with Gasteiger partial charge in [0, 0.05) is 5.92 Å². The Morgan fingerprint density at radius 2 is 1.60 bits per heavy atom. The van der Waals surface area contributed by atoms with Gasteiger partial charge in [-0.05, 0) is 36.1 Å². The number of ether oxygens (including phenoxy) is 2. The summed E-state index contributed by atoms with van der Waals surface area (Å²) < 4.78 is 11.0. The molecule has 0 amide bonds. The van der Waals surface area contributed by atoms with E-state index in [0.29, 0.717) is 18.9 Å². The second kappa shape index (κ2) is 9.87. The van der Waals surface area contributed by atoms with Crippen molar-refractivity contribution >= 4 is 5.97 Å². The molecule has 0 spiro atoms. The Kier molecular flexibility index (Phi) is 7.52. The quantitative estimate of drug-likeness (QED) is 0.589. The van der Waals surface area contributed by atoms with Crippen LogP contribution >= 0.6 is 0 Å². The summed E-state index contributed by atoms with van der Waals surface area (Å²) in [5.41, 5.74) is 2.21. The summed E-state index contributed by atoms with van der Waals surface area (Å²) in [4.78, 5) is 12.0. The second-order valence-electron chi connectivity index (χ2n) is 6.37. The Balaban J connectivity index is 2.15. The number of carbonyl (C=O) groups excluding carboxylic acids is 1. The standard InChI is InChI=1S/C22H28O3/c1-4-17(3)16-25-20-13-11-19(12-14-20)21(15-22(23)24-5-2)18-9-7-6-8-10-18/h6-14,17,21H,4-5,15-16H2,1-3H3. The zero-order valence-electron chi connectivity index (χ0n) is 15.4. The molecule has 0 heterocycles. The van der Waals surface area contributed by atoms with Gasteiger partial charge in [0.2, 0.25) is 0 Å². The maximum Gasteiger partial charge on any atom is 0.306 e. The van der Waals surface area contributed by atoms with E-state index in [4.69, 9.17) is 9.47 Å². The van der Waals surface area contributed by atoms with Crippen LogP contribution in [0, 0.1) is 5.92 Å². The maximum atomic E-state index is 12.0. The van der Waals surface area contributed by atoms with E-state index < -0.39 is 0 Å². The van der Waals surface area contributed by atoms with E-state index in [0.717, 1.165) is 29.9 Å². The zero-order chi connectivity index (χ0) is 18.1. The summed E-state index contributed by atoms with van der Waals surface area (Å²) in [5.74, 6) is 1.23. The summed E-state index contributed by atoms with van der Waals surface area (Å²) in [7, 11) is 0. The molecule has 3 nitrogen and oxygen atoms in total. The molecule has 25 heavy (non-hydrogen) atoms. The summed E-state index contributed by atoms with van der Waals surface area (Å²) in [6.07, 6.45) is 1.44. The number of benzene rings is 2. The lowest BCUT2D eigenvalue weighted by atomic mass is 9.88. The first-order valence-electron chi connectivity index (χ1n) is 9.07. The van der Waals surface area contributed by atoms with Crippen LogP contribution in [0.25, 0.3) is 0 Å². The Bertz CT molecular complexity index is 634. The van der Waals surface area contributed by atoms with Gasteiger partial charge in [-0.1, -0.05) is 62.7 Å². The van der Waals surface area contributed by atoms with Crippen molar-refractivity contribution in [2.45, 2.75) is 39.5 Å². The molecule has 3 heteroatoms. The van der Waals surface area contributed by atoms with Crippen molar-refractivity contribution in [3.05, 3.63) is 65.7 Å². The van der Waals surface area contributed by atoms with Crippen LogP contribution in [0.4, 0.5) is 0 Å². The molecule has 2 atom stereocenters. The Labute approximate surface area is 151 Å². The first-order chi connectivity index (χ1) is 12.1. The first kappa shape index (κ1) is 19.0. The highest BCUT2D eigenvalue weighted by Crippen LogP contribution is 2.29. The average molecular weight is 340 g/mol. The van der Waals surface area contributed by atoms with E-state index in [1.807, 2.05) is 49.4 Å². The van der Waals surface area contributed by atoms with Gasteiger partial charge in [0.25, 0.3) is 0 Å². The summed E-state index contributed by atoms with van der Waals surface area (Å²) in [6.45, 7) is 7.30. The zero-order valence-corrected chi connectivity index (χ0v) is 15.4. The highest BCUT2D eigenvalue weighted by atomic mass is 16.5. The van der Waals surface area contributed by atoms with Gasteiger partial charge < -0.3 is 9.47 Å². The molecule has 2 aromatic rings. The van der Waals surface area contributed by atoms with E-state index in [1.54, 1.807) is 0 Å². The Morgan fingerprint density at radius 1 is 0.960 bits per heavy atom. The van der Waals surface area contributed by atoms with E-state index in [-0.39, 0.29) is 11.9 Å². The summed E-state index contributed by atoms with van der Waals surface area (Å²) in [6, 6.07) is 18.1. The molecule has 0 aliphatic rings.